The van der Waals surface area contributed by atoms with Crippen LogP contribution in [-0.4, -0.2) is 18.6 Å². The van der Waals surface area contributed by atoms with Crippen LogP contribution in [0.25, 0.3) is 0 Å². The van der Waals surface area contributed by atoms with Crippen molar-refractivity contribution in [2.75, 3.05) is 17.4 Å². The molecule has 0 fully saturated rings. The highest BCUT2D eigenvalue weighted by Crippen LogP contribution is 2.34. The van der Waals surface area contributed by atoms with E-state index in [1.807, 2.05) is 24.3 Å². The van der Waals surface area contributed by atoms with Crippen LogP contribution in [0.5, 0.6) is 11.5 Å². The van der Waals surface area contributed by atoms with Crippen LogP contribution in [0.2, 0.25) is 0 Å². The second kappa shape index (κ2) is 7.31. The molecule has 0 aromatic heterocycles. The molecule has 0 saturated carbocycles. The Labute approximate surface area is 158 Å². The minimum atomic E-state index is -1.26. The van der Waals surface area contributed by atoms with E-state index in [9.17, 15) is 9.59 Å². The Kier molecular flexibility index (Phi) is 5.08. The Morgan fingerprint density at radius 1 is 0.889 bits per heavy atom. The first-order valence-electron chi connectivity index (χ1n) is 8.90. The van der Waals surface area contributed by atoms with Gasteiger partial charge in [0.05, 0.1) is 0 Å². The van der Waals surface area contributed by atoms with Gasteiger partial charge in [-0.3, -0.25) is 9.59 Å². The molecule has 0 atom stereocenters. The minimum Gasteiger partial charge on any atom is -0.454 e. The van der Waals surface area contributed by atoms with Crippen molar-refractivity contribution >= 4 is 23.2 Å². The zero-order valence-electron chi connectivity index (χ0n) is 16.0. The van der Waals surface area contributed by atoms with Gasteiger partial charge < -0.3 is 20.1 Å². The predicted octanol–water partition coefficient (Wildman–Crippen LogP) is 4.14. The van der Waals surface area contributed by atoms with Gasteiger partial charge in [-0.1, -0.05) is 26.0 Å². The van der Waals surface area contributed by atoms with Crippen LogP contribution in [0.4, 0.5) is 11.4 Å². The molecule has 2 aromatic carbocycles. The number of carbonyl (C=O) groups excluding carboxylic acids is 2. The molecular formula is C21H24N2O4. The molecule has 6 nitrogen and oxygen atoms in total. The van der Waals surface area contributed by atoms with Crippen molar-refractivity contribution in [3.05, 3.63) is 48.0 Å². The Hall–Kier alpha value is -3.02. The smallest absolute Gasteiger partial charge is 0.239 e. The molecule has 142 valence electrons. The third kappa shape index (κ3) is 4.05. The molecule has 2 N–H and O–H groups in total. The van der Waals surface area contributed by atoms with E-state index in [-0.39, 0.29) is 12.7 Å². The summed E-state index contributed by atoms with van der Waals surface area (Å²) in [5.74, 6) is 0.838. The number of carbonyl (C=O) groups is 2. The van der Waals surface area contributed by atoms with Gasteiger partial charge in [0.25, 0.3) is 0 Å². The molecule has 0 spiro atoms. The highest BCUT2D eigenvalue weighted by molar-refractivity contribution is 6.14. The number of anilines is 2. The van der Waals surface area contributed by atoms with Crippen LogP contribution in [0, 0.1) is 5.41 Å². The van der Waals surface area contributed by atoms with Crippen LogP contribution < -0.4 is 20.1 Å². The molecule has 27 heavy (non-hydrogen) atoms. The average Bonchev–Trinajstić information content (AvgIpc) is 3.09. The molecule has 0 saturated heterocycles. The van der Waals surface area contributed by atoms with Crippen molar-refractivity contribution in [2.45, 2.75) is 33.6 Å². The first kappa shape index (κ1) is 18.8. The lowest BCUT2D eigenvalue weighted by Crippen LogP contribution is -2.41. The molecule has 0 aliphatic carbocycles. The van der Waals surface area contributed by atoms with E-state index in [1.165, 1.54) is 5.56 Å². The number of fused-ring (bicyclic) bond motifs is 1. The summed E-state index contributed by atoms with van der Waals surface area (Å²) >= 11 is 0. The second-order valence-electron chi connectivity index (χ2n) is 7.38. The van der Waals surface area contributed by atoms with Crippen LogP contribution in [0.3, 0.4) is 0 Å². The molecule has 0 unspecified atom stereocenters. The lowest BCUT2D eigenvalue weighted by atomic mass is 9.90. The van der Waals surface area contributed by atoms with Gasteiger partial charge in [-0.05, 0) is 49.6 Å². The van der Waals surface area contributed by atoms with Gasteiger partial charge in [0, 0.05) is 17.4 Å². The summed E-state index contributed by atoms with van der Waals surface area (Å²) in [5.41, 5.74) is 1.14. The molecule has 6 heteroatoms. The monoisotopic (exact) mass is 368 g/mol. The normalized spacial score (nSPS) is 12.8. The number of amides is 2. The number of benzene rings is 2. The molecule has 3 rings (SSSR count). The average molecular weight is 368 g/mol. The summed E-state index contributed by atoms with van der Waals surface area (Å²) < 4.78 is 10.6. The summed E-state index contributed by atoms with van der Waals surface area (Å²) in [6, 6.07) is 12.8. The molecular weight excluding hydrogens is 344 g/mol. The molecule has 2 amide bonds. The Morgan fingerprint density at radius 3 is 2.07 bits per heavy atom. The van der Waals surface area contributed by atoms with Gasteiger partial charge in [0.15, 0.2) is 11.5 Å². The number of hydrogen-bond donors (Lipinski definition) is 2. The topological polar surface area (TPSA) is 76.7 Å². The van der Waals surface area contributed by atoms with Gasteiger partial charge in [-0.15, -0.1) is 0 Å². The molecule has 2 aromatic rings. The number of ether oxygens (including phenoxy) is 2. The highest BCUT2D eigenvalue weighted by Gasteiger charge is 2.36. The molecule has 0 radical (unpaired) electrons. The van der Waals surface area contributed by atoms with Gasteiger partial charge in [-0.2, -0.15) is 0 Å². The zero-order valence-corrected chi connectivity index (χ0v) is 16.0. The maximum Gasteiger partial charge on any atom is 0.239 e. The SMILES string of the molecule is CC(C)c1ccc(NC(=O)C(C)(C)C(=O)Nc2ccc3c(c2)OCO3)cc1. The zero-order chi connectivity index (χ0) is 19.6. The maximum atomic E-state index is 12.7. The van der Waals surface area contributed by atoms with E-state index in [1.54, 1.807) is 32.0 Å². The Bertz CT molecular complexity index is 857. The largest absolute Gasteiger partial charge is 0.454 e. The lowest BCUT2D eigenvalue weighted by molar-refractivity contribution is -0.135. The Balaban J connectivity index is 1.66. The van der Waals surface area contributed by atoms with Crippen molar-refractivity contribution < 1.29 is 19.1 Å². The van der Waals surface area contributed by atoms with E-state index in [4.69, 9.17) is 9.47 Å². The summed E-state index contributed by atoms with van der Waals surface area (Å²) in [4.78, 5) is 25.3. The minimum absolute atomic E-state index is 0.163. The Morgan fingerprint density at radius 2 is 1.44 bits per heavy atom. The van der Waals surface area contributed by atoms with E-state index < -0.39 is 11.3 Å². The van der Waals surface area contributed by atoms with E-state index >= 15 is 0 Å². The van der Waals surface area contributed by atoms with Gasteiger partial charge in [0.1, 0.15) is 5.41 Å². The predicted molar refractivity (Wildman–Crippen MR) is 104 cm³/mol. The third-order valence-corrected chi connectivity index (χ3v) is 4.60. The second-order valence-corrected chi connectivity index (χ2v) is 7.38. The molecule has 0 bridgehead atoms. The summed E-state index contributed by atoms with van der Waals surface area (Å²) in [5, 5.41) is 5.58. The summed E-state index contributed by atoms with van der Waals surface area (Å²) in [6.45, 7) is 7.56. The van der Waals surface area contributed by atoms with Crippen LogP contribution in [0.15, 0.2) is 42.5 Å². The van der Waals surface area contributed by atoms with Gasteiger partial charge >= 0.3 is 0 Å². The van der Waals surface area contributed by atoms with E-state index in [2.05, 4.69) is 24.5 Å². The highest BCUT2D eigenvalue weighted by atomic mass is 16.7. The van der Waals surface area contributed by atoms with E-state index in [0.717, 1.165) is 0 Å². The standard InChI is InChI=1S/C21H24N2O4/c1-13(2)14-5-7-15(8-6-14)22-19(24)21(3,4)20(25)23-16-9-10-17-18(11-16)27-12-26-17/h5-11,13H,12H2,1-4H3,(H,22,24)(H,23,25). The van der Waals surface area contributed by atoms with Crippen molar-refractivity contribution in [1.29, 1.82) is 0 Å². The van der Waals surface area contributed by atoms with Crippen molar-refractivity contribution in [2.24, 2.45) is 5.41 Å². The molecule has 1 heterocycles. The summed E-state index contributed by atoms with van der Waals surface area (Å²) in [7, 11) is 0. The van der Waals surface area contributed by atoms with E-state index in [0.29, 0.717) is 28.8 Å². The molecule has 1 aliphatic rings. The maximum absolute atomic E-state index is 12.7. The van der Waals surface area contributed by atoms with Crippen LogP contribution >= 0.6 is 0 Å². The first-order chi connectivity index (χ1) is 12.8. The van der Waals surface area contributed by atoms with Crippen molar-refractivity contribution in [3.63, 3.8) is 0 Å². The van der Waals surface area contributed by atoms with Crippen molar-refractivity contribution in [3.8, 4) is 11.5 Å². The van der Waals surface area contributed by atoms with Crippen LogP contribution in [-0.2, 0) is 9.59 Å². The fourth-order valence-corrected chi connectivity index (χ4v) is 2.60. The molecule has 1 aliphatic heterocycles. The van der Waals surface area contributed by atoms with Crippen LogP contribution in [0.1, 0.15) is 39.2 Å². The van der Waals surface area contributed by atoms with Crippen molar-refractivity contribution in [1.82, 2.24) is 0 Å². The first-order valence-corrected chi connectivity index (χ1v) is 8.90. The fraction of sp³-hybridized carbons (Fsp3) is 0.333. The number of rotatable bonds is 5. The quantitative estimate of drug-likeness (QED) is 0.778. The number of nitrogens with one attached hydrogen (secondary N) is 2. The fourth-order valence-electron chi connectivity index (χ4n) is 2.60. The lowest BCUT2D eigenvalue weighted by Gasteiger charge is -2.23. The van der Waals surface area contributed by atoms with Gasteiger partial charge in [-0.25, -0.2) is 0 Å². The third-order valence-electron chi connectivity index (χ3n) is 4.60. The van der Waals surface area contributed by atoms with Gasteiger partial charge in [0.2, 0.25) is 18.6 Å². The summed E-state index contributed by atoms with van der Waals surface area (Å²) in [6.07, 6.45) is 0. The number of hydrogen-bond acceptors (Lipinski definition) is 4.